The maximum Gasteiger partial charge on any atom is 0.138 e. The van der Waals surface area contributed by atoms with Crippen molar-refractivity contribution in [2.45, 2.75) is 0 Å². The number of furan rings is 1. The molecule has 0 N–H and O–H groups in total. The van der Waals surface area contributed by atoms with Gasteiger partial charge in [0.2, 0.25) is 0 Å². The van der Waals surface area contributed by atoms with E-state index in [0.717, 1.165) is 72.3 Å². The van der Waals surface area contributed by atoms with Crippen LogP contribution in [0.25, 0.3) is 77.5 Å². The Kier molecular flexibility index (Phi) is 7.81. The average molecular weight is 691 g/mol. The minimum Gasteiger partial charge on any atom is -0.456 e. The molecule has 3 nitrogen and oxygen atoms in total. The molecule has 0 aliphatic heterocycles. The molecule has 0 amide bonds. The van der Waals surface area contributed by atoms with Gasteiger partial charge in [0.15, 0.2) is 0 Å². The standard InChI is InChI=1S/C51H34N2O/c1-4-14-35(15-5-1)37-24-28-40(29-25-37)53(41-30-26-38(27-31-41)36-16-6-2-7-17-36)42-32-46(51-44-21-11-13-23-49(44)54-50(51)33-42)48-34-45(39-18-8-3-9-19-39)43-20-10-12-22-47(43)52-48/h1-34H. The van der Waals surface area contributed by atoms with Gasteiger partial charge in [-0.15, -0.1) is 0 Å². The van der Waals surface area contributed by atoms with Gasteiger partial charge in [0.05, 0.1) is 16.9 Å². The van der Waals surface area contributed by atoms with E-state index in [1.165, 1.54) is 22.3 Å². The van der Waals surface area contributed by atoms with Gasteiger partial charge in [0.1, 0.15) is 11.2 Å². The minimum absolute atomic E-state index is 0.812. The van der Waals surface area contributed by atoms with Crippen molar-refractivity contribution >= 4 is 49.9 Å². The molecular weight excluding hydrogens is 657 g/mol. The Hall–Kier alpha value is -7.23. The average Bonchev–Trinajstić information content (AvgIpc) is 3.63. The Morgan fingerprint density at radius 2 is 0.852 bits per heavy atom. The fourth-order valence-electron chi connectivity index (χ4n) is 7.66. The molecule has 0 spiro atoms. The number of aromatic nitrogens is 1. The van der Waals surface area contributed by atoms with Crippen LogP contribution in [-0.4, -0.2) is 4.98 Å². The summed E-state index contributed by atoms with van der Waals surface area (Å²) in [5.41, 5.74) is 14.6. The Labute approximate surface area is 314 Å². The summed E-state index contributed by atoms with van der Waals surface area (Å²) in [6.07, 6.45) is 0. The number of rotatable bonds is 7. The van der Waals surface area contributed by atoms with Gasteiger partial charge in [-0.2, -0.15) is 0 Å². The van der Waals surface area contributed by atoms with Crippen LogP contribution in [0.1, 0.15) is 0 Å². The number of benzene rings is 8. The number of anilines is 3. The van der Waals surface area contributed by atoms with E-state index in [4.69, 9.17) is 9.40 Å². The number of hydrogen-bond acceptors (Lipinski definition) is 3. The molecule has 3 heteroatoms. The lowest BCUT2D eigenvalue weighted by Crippen LogP contribution is -2.10. The molecule has 0 atom stereocenters. The van der Waals surface area contributed by atoms with Crippen LogP contribution in [0, 0.1) is 0 Å². The van der Waals surface area contributed by atoms with Gasteiger partial charge in [-0.3, -0.25) is 0 Å². The zero-order chi connectivity index (χ0) is 35.8. The van der Waals surface area contributed by atoms with Crippen LogP contribution in [-0.2, 0) is 0 Å². The van der Waals surface area contributed by atoms with E-state index in [1.54, 1.807) is 0 Å². The highest BCUT2D eigenvalue weighted by atomic mass is 16.3. The van der Waals surface area contributed by atoms with Crippen LogP contribution >= 0.6 is 0 Å². The molecule has 2 heterocycles. The van der Waals surface area contributed by atoms with E-state index in [9.17, 15) is 0 Å². The second-order valence-corrected chi connectivity index (χ2v) is 13.6. The van der Waals surface area contributed by atoms with Crippen molar-refractivity contribution in [1.82, 2.24) is 4.98 Å². The highest BCUT2D eigenvalue weighted by Crippen LogP contribution is 2.45. The summed E-state index contributed by atoms with van der Waals surface area (Å²) in [5.74, 6) is 0. The zero-order valence-corrected chi connectivity index (χ0v) is 29.4. The fourth-order valence-corrected chi connectivity index (χ4v) is 7.66. The predicted octanol–water partition coefficient (Wildman–Crippen LogP) is 14.3. The number of fused-ring (bicyclic) bond motifs is 4. The topological polar surface area (TPSA) is 29.3 Å². The lowest BCUT2D eigenvalue weighted by Gasteiger charge is -2.26. The highest BCUT2D eigenvalue weighted by Gasteiger charge is 2.21. The molecule has 0 fully saturated rings. The number of nitrogens with zero attached hydrogens (tertiary/aromatic N) is 2. The number of para-hydroxylation sites is 2. The normalized spacial score (nSPS) is 11.3. The molecule has 10 rings (SSSR count). The van der Waals surface area contributed by atoms with Crippen molar-refractivity contribution in [3.63, 3.8) is 0 Å². The largest absolute Gasteiger partial charge is 0.456 e. The summed E-state index contributed by atoms with van der Waals surface area (Å²) in [6.45, 7) is 0. The first kappa shape index (κ1) is 31.5. The molecule has 254 valence electrons. The lowest BCUT2D eigenvalue weighted by atomic mass is 9.96. The van der Waals surface area contributed by atoms with Gasteiger partial charge in [-0.05, 0) is 81.9 Å². The van der Waals surface area contributed by atoms with Crippen LogP contribution in [0.3, 0.4) is 0 Å². The highest BCUT2D eigenvalue weighted by molar-refractivity contribution is 6.14. The van der Waals surface area contributed by atoms with E-state index in [2.05, 4.69) is 199 Å². The molecule has 0 aliphatic carbocycles. The SMILES string of the molecule is c1ccc(-c2ccc(N(c3ccc(-c4ccccc4)cc3)c3cc(-c4cc(-c5ccccc5)c5ccccc5n4)c4c(c3)oc3ccccc34)cc2)cc1. The van der Waals surface area contributed by atoms with E-state index in [0.29, 0.717) is 0 Å². The first-order chi connectivity index (χ1) is 26.8. The third-order valence-corrected chi connectivity index (χ3v) is 10.3. The van der Waals surface area contributed by atoms with Crippen LogP contribution < -0.4 is 4.90 Å². The van der Waals surface area contributed by atoms with Crippen molar-refractivity contribution in [3.8, 4) is 44.6 Å². The van der Waals surface area contributed by atoms with Crippen molar-refractivity contribution in [2.75, 3.05) is 4.90 Å². The summed E-state index contributed by atoms with van der Waals surface area (Å²) < 4.78 is 6.68. The predicted molar refractivity (Wildman–Crippen MR) is 225 cm³/mol. The van der Waals surface area contributed by atoms with E-state index < -0.39 is 0 Å². The summed E-state index contributed by atoms with van der Waals surface area (Å²) >= 11 is 0. The summed E-state index contributed by atoms with van der Waals surface area (Å²) in [6, 6.07) is 72.7. The molecule has 10 aromatic rings. The molecule has 0 bridgehead atoms. The molecule has 0 unspecified atom stereocenters. The van der Waals surface area contributed by atoms with Crippen molar-refractivity contribution in [3.05, 3.63) is 206 Å². The van der Waals surface area contributed by atoms with E-state index in [1.807, 2.05) is 12.1 Å². The summed E-state index contributed by atoms with van der Waals surface area (Å²) in [4.78, 5) is 7.66. The van der Waals surface area contributed by atoms with Gasteiger partial charge < -0.3 is 9.32 Å². The van der Waals surface area contributed by atoms with Gasteiger partial charge in [0.25, 0.3) is 0 Å². The van der Waals surface area contributed by atoms with Gasteiger partial charge in [0, 0.05) is 39.2 Å². The zero-order valence-electron chi connectivity index (χ0n) is 29.4. The molecule has 8 aromatic carbocycles. The molecule has 54 heavy (non-hydrogen) atoms. The fraction of sp³-hybridized carbons (Fsp3) is 0. The first-order valence-corrected chi connectivity index (χ1v) is 18.3. The Bertz CT molecular complexity index is 2820. The van der Waals surface area contributed by atoms with Crippen LogP contribution in [0.4, 0.5) is 17.1 Å². The molecule has 0 radical (unpaired) electrons. The molecule has 0 saturated carbocycles. The van der Waals surface area contributed by atoms with Crippen LogP contribution in [0.5, 0.6) is 0 Å². The third-order valence-electron chi connectivity index (χ3n) is 10.3. The maximum atomic E-state index is 6.68. The summed E-state index contributed by atoms with van der Waals surface area (Å²) in [5, 5.41) is 3.24. The van der Waals surface area contributed by atoms with Gasteiger partial charge in [-0.25, -0.2) is 4.98 Å². The van der Waals surface area contributed by atoms with Crippen molar-refractivity contribution < 1.29 is 4.42 Å². The van der Waals surface area contributed by atoms with Crippen LogP contribution in [0.2, 0.25) is 0 Å². The molecule has 2 aromatic heterocycles. The van der Waals surface area contributed by atoms with E-state index >= 15 is 0 Å². The Balaban J connectivity index is 1.21. The number of hydrogen-bond donors (Lipinski definition) is 0. The Morgan fingerprint density at radius 3 is 1.46 bits per heavy atom. The van der Waals surface area contributed by atoms with Crippen molar-refractivity contribution in [1.29, 1.82) is 0 Å². The molecule has 0 saturated heterocycles. The Morgan fingerprint density at radius 1 is 0.352 bits per heavy atom. The van der Waals surface area contributed by atoms with Crippen molar-refractivity contribution in [2.24, 2.45) is 0 Å². The van der Waals surface area contributed by atoms with Gasteiger partial charge in [-0.1, -0.05) is 152 Å². The van der Waals surface area contributed by atoms with Gasteiger partial charge >= 0.3 is 0 Å². The maximum absolute atomic E-state index is 6.68. The summed E-state index contributed by atoms with van der Waals surface area (Å²) in [7, 11) is 0. The monoisotopic (exact) mass is 690 g/mol. The first-order valence-electron chi connectivity index (χ1n) is 18.3. The second-order valence-electron chi connectivity index (χ2n) is 13.6. The molecule has 0 aliphatic rings. The molecular formula is C51H34N2O. The minimum atomic E-state index is 0.812. The lowest BCUT2D eigenvalue weighted by molar-refractivity contribution is 0.669. The third kappa shape index (κ3) is 5.69. The smallest absolute Gasteiger partial charge is 0.138 e. The number of pyridine rings is 1. The van der Waals surface area contributed by atoms with E-state index in [-0.39, 0.29) is 0 Å². The van der Waals surface area contributed by atoms with Crippen LogP contribution in [0.15, 0.2) is 211 Å². The second kappa shape index (κ2) is 13.4. The quantitative estimate of drug-likeness (QED) is 0.167.